The highest BCUT2D eigenvalue weighted by molar-refractivity contribution is 6.30. The molecule has 0 amide bonds. The number of unbranched alkanes of at least 4 members (excludes halogenated alkanes) is 2. The summed E-state index contributed by atoms with van der Waals surface area (Å²) in [5.74, 6) is -0.168. The van der Waals surface area contributed by atoms with Crippen molar-refractivity contribution >= 4 is 17.4 Å². The van der Waals surface area contributed by atoms with Crippen molar-refractivity contribution in [1.82, 2.24) is 0 Å². The molecule has 2 aromatic rings. The molecule has 0 heterocycles. The van der Waals surface area contributed by atoms with Crippen LogP contribution in [0.4, 0.5) is 0 Å². The summed E-state index contributed by atoms with van der Waals surface area (Å²) < 4.78 is 0. The van der Waals surface area contributed by atoms with Gasteiger partial charge in [0.15, 0.2) is 5.78 Å². The second-order valence-electron chi connectivity index (χ2n) is 6.91. The van der Waals surface area contributed by atoms with Crippen molar-refractivity contribution in [3.8, 4) is 5.75 Å². The van der Waals surface area contributed by atoms with E-state index in [1.807, 2.05) is 12.1 Å². The lowest BCUT2D eigenvalue weighted by Gasteiger charge is -2.26. The molecule has 0 atom stereocenters. The van der Waals surface area contributed by atoms with Crippen LogP contribution < -0.4 is 0 Å². The van der Waals surface area contributed by atoms with Gasteiger partial charge in [0.05, 0.1) is 5.56 Å². The Bertz CT molecular complexity index is 702. The van der Waals surface area contributed by atoms with E-state index < -0.39 is 0 Å². The maximum atomic E-state index is 12.7. The maximum absolute atomic E-state index is 12.7. The highest BCUT2D eigenvalue weighted by Crippen LogP contribution is 2.33. The molecule has 0 fully saturated rings. The van der Waals surface area contributed by atoms with E-state index in [-0.39, 0.29) is 16.9 Å². The number of phenolic OH excluding ortho intramolecular Hbond substituents is 1. The van der Waals surface area contributed by atoms with E-state index in [0.717, 1.165) is 18.4 Å². The predicted octanol–water partition coefficient (Wildman–Crippen LogP) is 6.13. The van der Waals surface area contributed by atoms with Gasteiger partial charge in [0.2, 0.25) is 0 Å². The number of rotatable bonds is 7. The summed E-state index contributed by atoms with van der Waals surface area (Å²) in [6, 6.07) is 12.1. The van der Waals surface area contributed by atoms with Crippen molar-refractivity contribution in [2.45, 2.75) is 51.9 Å². The van der Waals surface area contributed by atoms with Crippen molar-refractivity contribution in [2.75, 3.05) is 0 Å². The molecule has 2 aromatic carbocycles. The smallest absolute Gasteiger partial charge is 0.196 e. The molecule has 0 saturated carbocycles. The summed E-state index contributed by atoms with van der Waals surface area (Å²) in [6.45, 7) is 6.56. The molecule has 2 rings (SSSR count). The first-order valence-electron chi connectivity index (χ1n) is 8.49. The highest BCUT2D eigenvalue weighted by atomic mass is 35.5. The molecule has 0 saturated heterocycles. The van der Waals surface area contributed by atoms with Crippen molar-refractivity contribution < 1.29 is 9.90 Å². The monoisotopic (exact) mass is 344 g/mol. The van der Waals surface area contributed by atoms with Gasteiger partial charge >= 0.3 is 0 Å². The van der Waals surface area contributed by atoms with Crippen LogP contribution in [0.3, 0.4) is 0 Å². The second kappa shape index (κ2) is 7.85. The fourth-order valence-corrected chi connectivity index (χ4v) is 2.98. The molecule has 1 N–H and O–H groups in total. The number of phenols is 1. The lowest BCUT2D eigenvalue weighted by molar-refractivity contribution is 0.103. The van der Waals surface area contributed by atoms with Crippen LogP contribution in [0.25, 0.3) is 0 Å². The molecule has 2 nitrogen and oxygen atoms in total. The minimum absolute atomic E-state index is 0.0167. The third kappa shape index (κ3) is 4.39. The van der Waals surface area contributed by atoms with Gasteiger partial charge < -0.3 is 5.11 Å². The van der Waals surface area contributed by atoms with Crippen LogP contribution in [-0.2, 0) is 5.41 Å². The van der Waals surface area contributed by atoms with Crippen molar-refractivity contribution in [1.29, 1.82) is 0 Å². The van der Waals surface area contributed by atoms with Gasteiger partial charge in [0.25, 0.3) is 0 Å². The normalized spacial score (nSPS) is 11.5. The molecule has 0 aliphatic rings. The fraction of sp³-hybridized carbons (Fsp3) is 0.381. The summed E-state index contributed by atoms with van der Waals surface area (Å²) in [4.78, 5) is 12.7. The Hall–Kier alpha value is -1.80. The Labute approximate surface area is 149 Å². The third-order valence-corrected chi connectivity index (χ3v) is 4.79. The Kier molecular flexibility index (Phi) is 6.06. The third-order valence-electron chi connectivity index (χ3n) is 4.53. The Morgan fingerprint density at radius 3 is 2.38 bits per heavy atom. The van der Waals surface area contributed by atoms with Gasteiger partial charge in [-0.05, 0) is 53.8 Å². The summed E-state index contributed by atoms with van der Waals surface area (Å²) in [6.07, 6.45) is 4.61. The van der Waals surface area contributed by atoms with Crippen molar-refractivity contribution in [3.63, 3.8) is 0 Å². The first kappa shape index (κ1) is 18.5. The topological polar surface area (TPSA) is 37.3 Å². The summed E-state index contributed by atoms with van der Waals surface area (Å²) in [5.41, 5.74) is 1.92. The number of carbonyl (C=O) groups excluding carboxylic acids is 1. The zero-order valence-electron chi connectivity index (χ0n) is 14.6. The number of carbonyl (C=O) groups is 1. The zero-order valence-corrected chi connectivity index (χ0v) is 15.4. The molecule has 0 bridgehead atoms. The second-order valence-corrected chi connectivity index (χ2v) is 7.35. The summed E-state index contributed by atoms with van der Waals surface area (Å²) in [5, 5.41) is 10.7. The average Bonchev–Trinajstić information content (AvgIpc) is 2.55. The van der Waals surface area contributed by atoms with Crippen LogP contribution in [0.15, 0.2) is 42.5 Å². The standard InChI is InChI=1S/C21H25ClO2/c1-4-5-6-13-21(2,3)16-9-12-19(23)18(14-16)20(24)15-7-10-17(22)11-8-15/h7-12,14,23H,4-6,13H2,1-3H3. The fourth-order valence-electron chi connectivity index (χ4n) is 2.86. The summed E-state index contributed by atoms with van der Waals surface area (Å²) in [7, 11) is 0. The first-order chi connectivity index (χ1) is 11.3. The van der Waals surface area contributed by atoms with Gasteiger partial charge in [-0.2, -0.15) is 0 Å². The van der Waals surface area contributed by atoms with E-state index in [1.165, 1.54) is 12.8 Å². The van der Waals surface area contributed by atoms with Crippen LogP contribution in [0.5, 0.6) is 5.75 Å². The van der Waals surface area contributed by atoms with Crippen LogP contribution >= 0.6 is 11.6 Å². The molecular formula is C21H25ClO2. The van der Waals surface area contributed by atoms with Crippen molar-refractivity contribution in [2.24, 2.45) is 0 Å². The number of ketones is 1. The van der Waals surface area contributed by atoms with Gasteiger partial charge in [-0.15, -0.1) is 0 Å². The minimum Gasteiger partial charge on any atom is -0.507 e. The summed E-state index contributed by atoms with van der Waals surface area (Å²) >= 11 is 5.88. The predicted molar refractivity (Wildman–Crippen MR) is 100 cm³/mol. The highest BCUT2D eigenvalue weighted by Gasteiger charge is 2.23. The number of benzene rings is 2. The molecule has 0 aromatic heterocycles. The number of aromatic hydroxyl groups is 1. The quantitative estimate of drug-likeness (QED) is 0.484. The lowest BCUT2D eigenvalue weighted by Crippen LogP contribution is -2.18. The van der Waals surface area contributed by atoms with Gasteiger partial charge in [0.1, 0.15) is 5.75 Å². The molecule has 0 radical (unpaired) electrons. The van der Waals surface area contributed by atoms with E-state index in [0.29, 0.717) is 16.1 Å². The molecule has 24 heavy (non-hydrogen) atoms. The maximum Gasteiger partial charge on any atom is 0.196 e. The number of halogens is 1. The molecule has 0 aliphatic carbocycles. The first-order valence-corrected chi connectivity index (χ1v) is 8.86. The Morgan fingerprint density at radius 1 is 1.08 bits per heavy atom. The molecular weight excluding hydrogens is 320 g/mol. The van der Waals surface area contributed by atoms with Gasteiger partial charge in [0, 0.05) is 10.6 Å². The molecule has 0 unspecified atom stereocenters. The number of hydrogen-bond acceptors (Lipinski definition) is 2. The van der Waals surface area contributed by atoms with Crippen LogP contribution in [0.1, 0.15) is 67.9 Å². The van der Waals surface area contributed by atoms with Crippen LogP contribution in [0.2, 0.25) is 5.02 Å². The minimum atomic E-state index is -0.185. The number of hydrogen-bond donors (Lipinski definition) is 1. The average molecular weight is 345 g/mol. The van der Waals surface area contributed by atoms with Gasteiger partial charge in [-0.1, -0.05) is 57.7 Å². The van der Waals surface area contributed by atoms with Crippen LogP contribution in [0, 0.1) is 0 Å². The van der Waals surface area contributed by atoms with Gasteiger partial charge in [-0.25, -0.2) is 0 Å². The SMILES string of the molecule is CCCCCC(C)(C)c1ccc(O)c(C(=O)c2ccc(Cl)cc2)c1. The van der Waals surface area contributed by atoms with E-state index in [4.69, 9.17) is 11.6 Å². The molecule has 0 aliphatic heterocycles. The van der Waals surface area contributed by atoms with E-state index >= 15 is 0 Å². The van der Waals surface area contributed by atoms with Crippen molar-refractivity contribution in [3.05, 3.63) is 64.2 Å². The largest absolute Gasteiger partial charge is 0.507 e. The van der Waals surface area contributed by atoms with E-state index in [2.05, 4.69) is 20.8 Å². The Morgan fingerprint density at radius 2 is 1.75 bits per heavy atom. The molecule has 128 valence electrons. The molecule has 3 heteroatoms. The van der Waals surface area contributed by atoms with E-state index in [9.17, 15) is 9.90 Å². The van der Waals surface area contributed by atoms with E-state index in [1.54, 1.807) is 30.3 Å². The zero-order chi connectivity index (χ0) is 17.7. The van der Waals surface area contributed by atoms with Crippen LogP contribution in [-0.4, -0.2) is 10.9 Å². The lowest BCUT2D eigenvalue weighted by atomic mass is 9.79. The Balaban J connectivity index is 2.31. The molecule has 0 spiro atoms. The van der Waals surface area contributed by atoms with Gasteiger partial charge in [-0.3, -0.25) is 4.79 Å².